The molecule has 0 aliphatic rings. The molecular formula is C15H14F3NO3S. The third-order valence-electron chi connectivity index (χ3n) is 3.16. The highest BCUT2D eigenvalue weighted by Crippen LogP contribution is 2.41. The third kappa shape index (κ3) is 4.28. The summed E-state index contributed by atoms with van der Waals surface area (Å²) < 4.78 is 47.8. The lowest BCUT2D eigenvalue weighted by atomic mass is 10.00. The number of hydrogen-bond donors (Lipinski definition) is 0. The first kappa shape index (κ1) is 17.4. The molecule has 0 saturated heterocycles. The number of esters is 1. The minimum Gasteiger partial charge on any atom is -0.425 e. The van der Waals surface area contributed by atoms with Gasteiger partial charge in [0.05, 0.1) is 16.5 Å². The van der Waals surface area contributed by atoms with Crippen LogP contribution in [0.5, 0.6) is 5.75 Å². The van der Waals surface area contributed by atoms with Gasteiger partial charge in [0.2, 0.25) is 0 Å². The average molecular weight is 345 g/mol. The van der Waals surface area contributed by atoms with Gasteiger partial charge in [0.15, 0.2) is 0 Å². The SMILES string of the molecule is Cc1noc(C)c1C(C)C(=O)Oc1ccccc1SC(F)(F)F. The van der Waals surface area contributed by atoms with E-state index in [1.54, 1.807) is 20.8 Å². The number of carbonyl (C=O) groups excluding carboxylic acids is 1. The van der Waals surface area contributed by atoms with E-state index in [0.29, 0.717) is 17.0 Å². The monoisotopic (exact) mass is 345 g/mol. The summed E-state index contributed by atoms with van der Waals surface area (Å²) in [5, 5.41) is 3.76. The van der Waals surface area contributed by atoms with Crippen molar-refractivity contribution in [1.82, 2.24) is 5.16 Å². The second kappa shape index (κ2) is 6.66. The Morgan fingerprint density at radius 3 is 2.52 bits per heavy atom. The summed E-state index contributed by atoms with van der Waals surface area (Å²) in [6.45, 7) is 4.93. The number of benzene rings is 1. The number of nitrogens with zero attached hydrogens (tertiary/aromatic N) is 1. The first-order valence-corrected chi connectivity index (χ1v) is 7.50. The first-order chi connectivity index (χ1) is 10.7. The molecule has 23 heavy (non-hydrogen) atoms. The molecule has 2 aromatic rings. The van der Waals surface area contributed by atoms with Gasteiger partial charge in [-0.3, -0.25) is 4.79 Å². The minimum atomic E-state index is -4.46. The lowest BCUT2D eigenvalue weighted by Gasteiger charge is -2.14. The topological polar surface area (TPSA) is 52.3 Å². The van der Waals surface area contributed by atoms with Crippen LogP contribution in [-0.4, -0.2) is 16.6 Å². The maximum absolute atomic E-state index is 12.5. The van der Waals surface area contributed by atoms with Gasteiger partial charge in [-0.15, -0.1) is 0 Å². The van der Waals surface area contributed by atoms with Gasteiger partial charge in [-0.25, -0.2) is 0 Å². The normalized spacial score (nSPS) is 13.0. The Hall–Kier alpha value is -1.96. The van der Waals surface area contributed by atoms with Crippen LogP contribution in [0, 0.1) is 13.8 Å². The fraction of sp³-hybridized carbons (Fsp3) is 0.333. The number of thioether (sulfide) groups is 1. The Bertz CT molecular complexity index is 693. The van der Waals surface area contributed by atoms with Gasteiger partial charge in [-0.1, -0.05) is 17.3 Å². The number of carbonyl (C=O) groups is 1. The second-order valence-electron chi connectivity index (χ2n) is 4.88. The molecule has 1 aromatic heterocycles. The lowest BCUT2D eigenvalue weighted by Crippen LogP contribution is -2.17. The van der Waals surface area contributed by atoms with E-state index in [2.05, 4.69) is 5.16 Å². The summed E-state index contributed by atoms with van der Waals surface area (Å²) in [5.74, 6) is -1.02. The van der Waals surface area contributed by atoms with Gasteiger partial charge in [0.1, 0.15) is 11.5 Å². The Balaban J connectivity index is 2.21. The van der Waals surface area contributed by atoms with Crippen LogP contribution in [0.2, 0.25) is 0 Å². The Kier molecular flexibility index (Phi) is 5.03. The van der Waals surface area contributed by atoms with E-state index in [4.69, 9.17) is 9.26 Å². The predicted octanol–water partition coefficient (Wildman–Crippen LogP) is 4.61. The Morgan fingerprint density at radius 1 is 1.30 bits per heavy atom. The van der Waals surface area contributed by atoms with Crippen molar-refractivity contribution in [2.24, 2.45) is 0 Å². The highest BCUT2D eigenvalue weighted by atomic mass is 32.2. The lowest BCUT2D eigenvalue weighted by molar-refractivity contribution is -0.135. The van der Waals surface area contributed by atoms with Crippen molar-refractivity contribution >= 4 is 17.7 Å². The van der Waals surface area contributed by atoms with E-state index >= 15 is 0 Å². The smallest absolute Gasteiger partial charge is 0.425 e. The molecule has 0 spiro atoms. The van der Waals surface area contributed by atoms with Crippen molar-refractivity contribution in [3.8, 4) is 5.75 Å². The number of rotatable bonds is 4. The second-order valence-corrected chi connectivity index (χ2v) is 5.98. The van der Waals surface area contributed by atoms with Crippen molar-refractivity contribution in [1.29, 1.82) is 0 Å². The molecule has 1 atom stereocenters. The summed E-state index contributed by atoms with van der Waals surface area (Å²) in [7, 11) is 0. The standard InChI is InChI=1S/C15H14F3NO3S/c1-8(13-9(2)19-22-10(13)3)14(20)21-11-6-4-5-7-12(11)23-15(16,17)18/h4-8H,1-3H3. The molecule has 0 saturated carbocycles. The van der Waals surface area contributed by atoms with E-state index in [1.807, 2.05) is 0 Å². The molecule has 0 bridgehead atoms. The largest absolute Gasteiger partial charge is 0.446 e. The maximum atomic E-state index is 12.5. The molecule has 0 aliphatic carbocycles. The Labute approximate surface area is 135 Å². The van der Waals surface area contributed by atoms with Gasteiger partial charge < -0.3 is 9.26 Å². The molecule has 8 heteroatoms. The predicted molar refractivity (Wildman–Crippen MR) is 78.4 cm³/mol. The number of aryl methyl sites for hydroxylation is 2. The fourth-order valence-electron chi connectivity index (χ4n) is 2.17. The summed E-state index contributed by atoms with van der Waals surface area (Å²) in [6, 6.07) is 5.53. The van der Waals surface area contributed by atoms with Crippen molar-refractivity contribution in [2.45, 2.75) is 37.1 Å². The van der Waals surface area contributed by atoms with Gasteiger partial charge >= 0.3 is 11.5 Å². The van der Waals surface area contributed by atoms with Crippen LogP contribution in [-0.2, 0) is 4.79 Å². The van der Waals surface area contributed by atoms with E-state index in [-0.39, 0.29) is 22.4 Å². The minimum absolute atomic E-state index is 0.126. The van der Waals surface area contributed by atoms with Gasteiger partial charge in [-0.05, 0) is 44.7 Å². The zero-order chi connectivity index (χ0) is 17.2. The zero-order valence-electron chi connectivity index (χ0n) is 12.6. The molecular weight excluding hydrogens is 331 g/mol. The van der Waals surface area contributed by atoms with Gasteiger partial charge in [0.25, 0.3) is 0 Å². The van der Waals surface area contributed by atoms with Crippen molar-refractivity contribution in [3.63, 3.8) is 0 Å². The number of hydrogen-bond acceptors (Lipinski definition) is 5. The fourth-order valence-corrected chi connectivity index (χ4v) is 2.77. The van der Waals surface area contributed by atoms with Crippen LogP contribution < -0.4 is 4.74 Å². The number of aromatic nitrogens is 1. The number of halogens is 3. The third-order valence-corrected chi connectivity index (χ3v) is 3.95. The maximum Gasteiger partial charge on any atom is 0.446 e. The molecule has 1 unspecified atom stereocenters. The summed E-state index contributed by atoms with van der Waals surface area (Å²) in [6.07, 6.45) is 0. The zero-order valence-corrected chi connectivity index (χ0v) is 13.4. The van der Waals surface area contributed by atoms with Crippen molar-refractivity contribution in [2.75, 3.05) is 0 Å². The van der Waals surface area contributed by atoms with Crippen LogP contribution in [0.25, 0.3) is 0 Å². The molecule has 0 fully saturated rings. The summed E-state index contributed by atoms with van der Waals surface area (Å²) >= 11 is -0.323. The van der Waals surface area contributed by atoms with E-state index < -0.39 is 17.4 Å². The van der Waals surface area contributed by atoms with Crippen LogP contribution in [0.3, 0.4) is 0 Å². The molecule has 2 rings (SSSR count). The van der Waals surface area contributed by atoms with E-state index in [1.165, 1.54) is 24.3 Å². The van der Waals surface area contributed by atoms with E-state index in [9.17, 15) is 18.0 Å². The molecule has 124 valence electrons. The molecule has 0 N–H and O–H groups in total. The average Bonchev–Trinajstić information content (AvgIpc) is 2.78. The van der Waals surface area contributed by atoms with Gasteiger partial charge in [0, 0.05) is 5.56 Å². The number of ether oxygens (including phenoxy) is 1. The molecule has 0 amide bonds. The number of para-hydroxylation sites is 1. The molecule has 0 aliphatic heterocycles. The first-order valence-electron chi connectivity index (χ1n) is 6.68. The van der Waals surface area contributed by atoms with Crippen molar-refractivity contribution in [3.05, 3.63) is 41.3 Å². The van der Waals surface area contributed by atoms with Crippen LogP contribution in [0.1, 0.15) is 29.9 Å². The van der Waals surface area contributed by atoms with Crippen LogP contribution in [0.4, 0.5) is 13.2 Å². The highest BCUT2D eigenvalue weighted by Gasteiger charge is 2.32. The van der Waals surface area contributed by atoms with Crippen LogP contribution >= 0.6 is 11.8 Å². The van der Waals surface area contributed by atoms with Crippen LogP contribution in [0.15, 0.2) is 33.7 Å². The van der Waals surface area contributed by atoms with Gasteiger partial charge in [-0.2, -0.15) is 13.2 Å². The quantitative estimate of drug-likeness (QED) is 0.460. The van der Waals surface area contributed by atoms with E-state index in [0.717, 1.165) is 0 Å². The summed E-state index contributed by atoms with van der Waals surface area (Å²) in [4.78, 5) is 12.1. The molecule has 1 heterocycles. The van der Waals surface area contributed by atoms with Crippen molar-refractivity contribution < 1.29 is 27.2 Å². The highest BCUT2D eigenvalue weighted by molar-refractivity contribution is 8.00. The molecule has 0 radical (unpaired) electrons. The molecule has 4 nitrogen and oxygen atoms in total. The number of alkyl halides is 3. The summed E-state index contributed by atoms with van der Waals surface area (Å²) in [5.41, 5.74) is -3.34. The molecule has 1 aromatic carbocycles. The Morgan fingerprint density at radius 2 is 1.96 bits per heavy atom.